The van der Waals surface area contributed by atoms with Crippen molar-refractivity contribution in [1.29, 1.82) is 0 Å². The molecule has 3 N–H and O–H groups in total. The number of sulfone groups is 1. The molecule has 1 fully saturated rings. The van der Waals surface area contributed by atoms with E-state index >= 15 is 0 Å². The molecule has 0 aromatic heterocycles. The maximum atomic E-state index is 12.7. The predicted octanol–water partition coefficient (Wildman–Crippen LogP) is 1.92. The van der Waals surface area contributed by atoms with Crippen molar-refractivity contribution < 1.29 is 32.6 Å². The van der Waals surface area contributed by atoms with Gasteiger partial charge in [-0.25, -0.2) is 13.2 Å². The first-order chi connectivity index (χ1) is 16.1. The number of aliphatic carboxylic acids is 1. The van der Waals surface area contributed by atoms with Gasteiger partial charge in [-0.3, -0.25) is 9.59 Å². The number of amides is 2. The number of carbonyl (C=O) groups is 3. The second kappa shape index (κ2) is 9.46. The Hall–Kier alpha value is -3.40. The number of fused-ring (bicyclic) bond motifs is 3. The van der Waals surface area contributed by atoms with Crippen LogP contribution in [0.15, 0.2) is 48.5 Å². The average molecular weight is 487 g/mol. The van der Waals surface area contributed by atoms with Crippen LogP contribution in [0.3, 0.4) is 0 Å². The summed E-state index contributed by atoms with van der Waals surface area (Å²) in [6.45, 7) is 1.71. The number of nitrogens with one attached hydrogen (secondary N) is 2. The zero-order chi connectivity index (χ0) is 24.5. The normalized spacial score (nSPS) is 21.2. The number of benzene rings is 2. The fourth-order valence-electron chi connectivity index (χ4n) is 4.66. The summed E-state index contributed by atoms with van der Waals surface area (Å²) in [5.74, 6) is -2.81. The molecule has 0 radical (unpaired) electrons. The second-order valence-corrected chi connectivity index (χ2v) is 10.9. The molecule has 2 aromatic carbocycles. The molecular formula is C24H26N2O7S. The third kappa shape index (κ3) is 5.06. The van der Waals surface area contributed by atoms with Gasteiger partial charge in [-0.1, -0.05) is 55.5 Å². The highest BCUT2D eigenvalue weighted by Crippen LogP contribution is 2.44. The minimum atomic E-state index is -3.27. The summed E-state index contributed by atoms with van der Waals surface area (Å²) >= 11 is 0. The van der Waals surface area contributed by atoms with Crippen LogP contribution in [-0.2, 0) is 24.2 Å². The highest BCUT2D eigenvalue weighted by Gasteiger charge is 2.37. The largest absolute Gasteiger partial charge is 0.481 e. The Labute approximate surface area is 197 Å². The van der Waals surface area contributed by atoms with E-state index in [-0.39, 0.29) is 29.9 Å². The highest BCUT2D eigenvalue weighted by molar-refractivity contribution is 7.91. The van der Waals surface area contributed by atoms with Gasteiger partial charge in [0.05, 0.1) is 17.9 Å². The summed E-state index contributed by atoms with van der Waals surface area (Å²) in [6, 6.07) is 13.6. The van der Waals surface area contributed by atoms with Crippen LogP contribution in [0.5, 0.6) is 0 Å². The van der Waals surface area contributed by atoms with Gasteiger partial charge in [-0.15, -0.1) is 0 Å². The summed E-state index contributed by atoms with van der Waals surface area (Å²) in [5.41, 5.74) is 4.17. The van der Waals surface area contributed by atoms with Crippen LogP contribution in [0.2, 0.25) is 0 Å². The summed E-state index contributed by atoms with van der Waals surface area (Å²) in [4.78, 5) is 36.5. The van der Waals surface area contributed by atoms with E-state index < -0.39 is 46.3 Å². The third-order valence-corrected chi connectivity index (χ3v) is 8.20. The Balaban J connectivity index is 1.41. The minimum absolute atomic E-state index is 0.0131. The van der Waals surface area contributed by atoms with Gasteiger partial charge in [0.25, 0.3) is 0 Å². The van der Waals surface area contributed by atoms with Gasteiger partial charge in [0.2, 0.25) is 5.91 Å². The van der Waals surface area contributed by atoms with Crippen molar-refractivity contribution in [2.75, 3.05) is 18.1 Å². The number of ether oxygens (including phenoxy) is 1. The lowest BCUT2D eigenvalue weighted by Gasteiger charge is -2.22. The van der Waals surface area contributed by atoms with Crippen molar-refractivity contribution in [3.8, 4) is 11.1 Å². The molecule has 34 heavy (non-hydrogen) atoms. The number of hydrogen-bond donors (Lipinski definition) is 3. The molecule has 1 aliphatic heterocycles. The van der Waals surface area contributed by atoms with Gasteiger partial charge < -0.3 is 20.5 Å². The third-order valence-electron chi connectivity index (χ3n) is 6.30. The summed E-state index contributed by atoms with van der Waals surface area (Å²) in [7, 11) is -3.27. The summed E-state index contributed by atoms with van der Waals surface area (Å²) in [6.07, 6.45) is -1.58. The van der Waals surface area contributed by atoms with E-state index in [9.17, 15) is 27.9 Å². The summed E-state index contributed by atoms with van der Waals surface area (Å²) < 4.78 is 29.0. The Morgan fingerprint density at radius 2 is 1.62 bits per heavy atom. The molecule has 10 heteroatoms. The molecule has 1 unspecified atom stereocenters. The van der Waals surface area contributed by atoms with E-state index in [4.69, 9.17) is 4.74 Å². The van der Waals surface area contributed by atoms with Gasteiger partial charge in [0, 0.05) is 12.0 Å². The van der Waals surface area contributed by atoms with E-state index in [1.54, 1.807) is 6.92 Å². The lowest BCUT2D eigenvalue weighted by molar-refractivity contribution is -0.140. The molecule has 4 rings (SSSR count). The first-order valence-corrected chi connectivity index (χ1v) is 12.8. The molecule has 2 aliphatic rings. The van der Waals surface area contributed by atoms with Crippen LogP contribution in [0.1, 0.15) is 30.4 Å². The fourth-order valence-corrected chi connectivity index (χ4v) is 6.78. The zero-order valence-electron chi connectivity index (χ0n) is 18.6. The van der Waals surface area contributed by atoms with E-state index in [1.807, 2.05) is 48.5 Å². The van der Waals surface area contributed by atoms with Gasteiger partial charge >= 0.3 is 12.1 Å². The molecule has 0 spiro atoms. The molecule has 1 heterocycles. The van der Waals surface area contributed by atoms with Crippen molar-refractivity contribution in [2.45, 2.75) is 31.3 Å². The van der Waals surface area contributed by atoms with E-state index in [1.165, 1.54) is 0 Å². The maximum Gasteiger partial charge on any atom is 0.407 e. The van der Waals surface area contributed by atoms with Gasteiger partial charge in [-0.2, -0.15) is 0 Å². The number of carboxylic acids is 1. The molecule has 180 valence electrons. The quantitative estimate of drug-likeness (QED) is 0.543. The number of carbonyl (C=O) groups excluding carboxylic acids is 2. The fraction of sp³-hybridized carbons (Fsp3) is 0.375. The molecule has 1 saturated heterocycles. The molecule has 0 bridgehead atoms. The molecule has 0 saturated carbocycles. The molecule has 3 atom stereocenters. The summed E-state index contributed by atoms with van der Waals surface area (Å²) in [5, 5.41) is 14.1. The molecular weight excluding hydrogens is 460 g/mol. The number of alkyl carbamates (subject to hydrolysis) is 1. The van der Waals surface area contributed by atoms with Gasteiger partial charge in [-0.05, 0) is 28.2 Å². The van der Waals surface area contributed by atoms with Gasteiger partial charge in [0.1, 0.15) is 12.6 Å². The molecule has 1 aliphatic carbocycles. The Morgan fingerprint density at radius 1 is 1.03 bits per heavy atom. The van der Waals surface area contributed by atoms with Crippen LogP contribution in [0, 0.1) is 5.92 Å². The van der Waals surface area contributed by atoms with Crippen molar-refractivity contribution in [3.05, 3.63) is 59.7 Å². The standard InChI is InChI=1S/C24H26N2O7S/c1-14-12-34(31,32)13-21(14)25-23(29)20(10-22(27)28)26-24(30)33-11-19-17-8-4-2-6-15(17)16-7-3-5-9-18(16)19/h2-9,14,19-21H,10-13H2,1H3,(H,25,29)(H,26,30)(H,27,28)/t14-,20?,21+/m1/s1. The topological polar surface area (TPSA) is 139 Å². The lowest BCUT2D eigenvalue weighted by Crippen LogP contribution is -2.52. The molecule has 9 nitrogen and oxygen atoms in total. The Kier molecular flexibility index (Phi) is 6.60. The van der Waals surface area contributed by atoms with Crippen LogP contribution >= 0.6 is 0 Å². The highest BCUT2D eigenvalue weighted by atomic mass is 32.2. The monoisotopic (exact) mass is 486 g/mol. The van der Waals surface area contributed by atoms with Crippen molar-refractivity contribution >= 4 is 27.8 Å². The van der Waals surface area contributed by atoms with E-state index in [2.05, 4.69) is 10.6 Å². The van der Waals surface area contributed by atoms with Crippen LogP contribution in [0.4, 0.5) is 4.79 Å². The zero-order valence-corrected chi connectivity index (χ0v) is 19.4. The van der Waals surface area contributed by atoms with Crippen molar-refractivity contribution in [2.24, 2.45) is 5.92 Å². The smallest absolute Gasteiger partial charge is 0.407 e. The van der Waals surface area contributed by atoms with Gasteiger partial charge in [0.15, 0.2) is 9.84 Å². The molecule has 2 aromatic rings. The number of hydrogen-bond acceptors (Lipinski definition) is 6. The lowest BCUT2D eigenvalue weighted by atomic mass is 9.98. The van der Waals surface area contributed by atoms with Crippen LogP contribution in [0.25, 0.3) is 11.1 Å². The van der Waals surface area contributed by atoms with Crippen molar-refractivity contribution in [3.63, 3.8) is 0 Å². The first kappa shape index (κ1) is 23.7. The van der Waals surface area contributed by atoms with Crippen LogP contribution in [-0.4, -0.2) is 61.7 Å². The maximum absolute atomic E-state index is 12.7. The average Bonchev–Trinajstić information content (AvgIpc) is 3.23. The predicted molar refractivity (Wildman–Crippen MR) is 124 cm³/mol. The Bertz CT molecular complexity index is 1180. The van der Waals surface area contributed by atoms with Crippen LogP contribution < -0.4 is 10.6 Å². The Morgan fingerprint density at radius 3 is 2.15 bits per heavy atom. The van der Waals surface area contributed by atoms with Crippen molar-refractivity contribution in [1.82, 2.24) is 10.6 Å². The van der Waals surface area contributed by atoms with E-state index in [0.29, 0.717) is 0 Å². The number of carboxylic acid groups (broad SMARTS) is 1. The van der Waals surface area contributed by atoms with E-state index in [0.717, 1.165) is 22.3 Å². The number of rotatable bonds is 7. The minimum Gasteiger partial charge on any atom is -0.481 e. The molecule has 2 amide bonds. The first-order valence-electron chi connectivity index (χ1n) is 11.0. The SMILES string of the molecule is C[C@@H]1CS(=O)(=O)C[C@@H]1NC(=O)C(CC(=O)O)NC(=O)OCC1c2ccccc2-c2ccccc21. The second-order valence-electron chi connectivity index (χ2n) is 8.79.